The highest BCUT2D eigenvalue weighted by Gasteiger charge is 2.56. The highest BCUT2D eigenvalue weighted by atomic mass is 16.5. The minimum absolute atomic E-state index is 0.0144. The van der Waals surface area contributed by atoms with Crippen LogP contribution in [-0.4, -0.2) is 109 Å². The average Bonchev–Trinajstić information content (AvgIpc) is 4.32. The molecule has 4 aliphatic rings. The van der Waals surface area contributed by atoms with Gasteiger partial charge in [-0.1, -0.05) is 48.9 Å². The number of carbonyl (C=O) groups excluding carboxylic acids is 3. The minimum Gasteiger partial charge on any atom is -0.457 e. The number of para-hydroxylation sites is 2. The topological polar surface area (TPSA) is 195 Å². The first-order valence-corrected chi connectivity index (χ1v) is 25.1. The van der Waals surface area contributed by atoms with Crippen LogP contribution in [0.1, 0.15) is 64.3 Å². The maximum atomic E-state index is 13.2. The lowest BCUT2D eigenvalue weighted by atomic mass is 10.1. The zero-order chi connectivity index (χ0) is 52.1. The maximum Gasteiger partial charge on any atom is 0.299 e. The van der Waals surface area contributed by atoms with E-state index in [4.69, 9.17) is 30.9 Å². The molecule has 4 saturated heterocycles. The standard InChI is InChI=1S/C30H30N6O2.C28H26N6O3/c1-4-8-25(37)36-21-17-24(35(18-21)19(2)3)27(36)30-33-26(28-29(31)32-15-16-34(28)30)20-11-13-23(14-12-20)38-22-9-6-5-7-10-22;1-3-23(36)34-19-15-22(33(16-19)17(2)35)25(34)28-31-24(26-27(29)30-13-14-32(26)28)18-9-11-21(12-10-18)37-20-7-5-4-6-8-20/h5-7,9-16,19,21,24,27H,17-18H2,1-3H3,(H2,31,32);3-14,19,22,25H,1,15-16H2,2H3,(H2,29,30)/t21-,24-,27?;19?,22-,25?/m00/s1. The predicted octanol–water partition coefficient (Wildman–Crippen LogP) is 8.36. The van der Waals surface area contributed by atoms with Gasteiger partial charge in [-0.3, -0.25) is 28.1 Å². The van der Waals surface area contributed by atoms with Crippen molar-refractivity contribution >= 4 is 40.4 Å². The van der Waals surface area contributed by atoms with Gasteiger partial charge < -0.3 is 35.6 Å². The lowest BCUT2D eigenvalue weighted by Gasteiger charge is -2.41. The molecule has 75 heavy (non-hydrogen) atoms. The van der Waals surface area contributed by atoms with Gasteiger partial charge in [0.2, 0.25) is 11.8 Å². The molecule has 4 aliphatic heterocycles. The van der Waals surface area contributed by atoms with Gasteiger partial charge in [-0.2, -0.15) is 0 Å². The summed E-state index contributed by atoms with van der Waals surface area (Å²) in [6.45, 7) is 12.7. The summed E-state index contributed by atoms with van der Waals surface area (Å²) in [7, 11) is 0. The van der Waals surface area contributed by atoms with E-state index in [-0.39, 0.29) is 47.9 Å². The Morgan fingerprint density at radius 3 is 1.60 bits per heavy atom. The first-order valence-electron chi connectivity index (χ1n) is 25.1. The number of carbonyl (C=O) groups is 3. The predicted molar refractivity (Wildman–Crippen MR) is 285 cm³/mol. The quantitative estimate of drug-likeness (QED) is 0.0984. The monoisotopic (exact) mass is 1000 g/mol. The molecule has 3 unspecified atom stereocenters. The van der Waals surface area contributed by atoms with Gasteiger partial charge >= 0.3 is 0 Å². The van der Waals surface area contributed by atoms with Gasteiger partial charge in [0.25, 0.3) is 5.91 Å². The molecule has 378 valence electrons. The summed E-state index contributed by atoms with van der Waals surface area (Å²) in [5, 5.41) is 0. The van der Waals surface area contributed by atoms with Gasteiger partial charge in [0.15, 0.2) is 0 Å². The molecule has 0 saturated carbocycles. The number of aromatic nitrogens is 6. The number of imidazole rings is 2. The van der Waals surface area contributed by atoms with E-state index in [9.17, 15) is 14.4 Å². The SMILES string of the molecule is C=CC(=O)N1C2C[C@@H](C1c1nc(-c3ccc(Oc4ccccc4)cc3)c3c(N)nccn13)N(C(C)=O)C2.CC#CC(=O)N1C(c2nc(-c3ccc(Oc4ccccc4)cc3)c3c(N)nccn23)[C@@H]2C[C@H]1CN2C(C)C. The van der Waals surface area contributed by atoms with Gasteiger partial charge in [-0.05, 0) is 118 Å². The summed E-state index contributed by atoms with van der Waals surface area (Å²) in [4.78, 5) is 65.5. The molecule has 0 aliphatic carbocycles. The molecular formula is C58H56N12O5. The second-order valence-corrected chi connectivity index (χ2v) is 19.4. The van der Waals surface area contributed by atoms with Gasteiger partial charge in [-0.25, -0.2) is 19.9 Å². The number of amides is 3. The number of nitrogens with zero attached hydrogens (tertiary/aromatic N) is 10. The second kappa shape index (κ2) is 19.8. The number of hydrogen-bond donors (Lipinski definition) is 2. The minimum atomic E-state index is -0.433. The van der Waals surface area contributed by atoms with Crippen molar-refractivity contribution in [3.05, 3.63) is 158 Å². The van der Waals surface area contributed by atoms with Crippen LogP contribution in [0, 0.1) is 11.8 Å². The molecule has 8 aromatic rings. The van der Waals surface area contributed by atoms with Crippen LogP contribution in [-0.2, 0) is 14.4 Å². The fourth-order valence-corrected chi connectivity index (χ4v) is 11.6. The normalized spacial score (nSPS) is 20.5. The number of benzene rings is 4. The Morgan fingerprint density at radius 2 is 1.13 bits per heavy atom. The van der Waals surface area contributed by atoms with E-state index < -0.39 is 6.04 Å². The summed E-state index contributed by atoms with van der Waals surface area (Å²) >= 11 is 0. The number of hydrogen-bond acceptors (Lipinski definition) is 12. The summed E-state index contributed by atoms with van der Waals surface area (Å²) in [5.41, 5.74) is 17.3. The maximum absolute atomic E-state index is 13.2. The van der Waals surface area contributed by atoms with E-state index >= 15 is 0 Å². The Hall–Kier alpha value is -9.01. The van der Waals surface area contributed by atoms with Crippen molar-refractivity contribution in [1.29, 1.82) is 0 Å². The Kier molecular flexibility index (Phi) is 12.7. The Balaban J connectivity index is 0.000000161. The number of ether oxygens (including phenoxy) is 2. The van der Waals surface area contributed by atoms with E-state index in [1.165, 1.54) is 6.08 Å². The molecule has 4 fully saturated rings. The van der Waals surface area contributed by atoms with E-state index in [1.54, 1.807) is 32.4 Å². The van der Waals surface area contributed by atoms with E-state index in [0.29, 0.717) is 53.4 Å². The number of anilines is 2. The molecule has 17 nitrogen and oxygen atoms in total. The highest BCUT2D eigenvalue weighted by molar-refractivity contribution is 5.95. The van der Waals surface area contributed by atoms with Crippen molar-refractivity contribution in [3.63, 3.8) is 0 Å². The second-order valence-electron chi connectivity index (χ2n) is 19.4. The van der Waals surface area contributed by atoms with Crippen LogP contribution >= 0.6 is 0 Å². The van der Waals surface area contributed by atoms with E-state index in [2.05, 4.69) is 47.1 Å². The zero-order valence-electron chi connectivity index (χ0n) is 42.0. The fourth-order valence-electron chi connectivity index (χ4n) is 11.6. The van der Waals surface area contributed by atoms with Gasteiger partial charge in [0.1, 0.15) is 80.8 Å². The largest absolute Gasteiger partial charge is 0.457 e. The molecular weight excluding hydrogens is 945 g/mol. The van der Waals surface area contributed by atoms with Gasteiger partial charge in [0, 0.05) is 74.1 Å². The van der Waals surface area contributed by atoms with Crippen LogP contribution in [0.25, 0.3) is 33.5 Å². The summed E-state index contributed by atoms with van der Waals surface area (Å²) in [6, 6.07) is 34.3. The van der Waals surface area contributed by atoms with Crippen LogP contribution < -0.4 is 20.9 Å². The lowest BCUT2D eigenvalue weighted by molar-refractivity contribution is -0.139. The van der Waals surface area contributed by atoms with Crippen molar-refractivity contribution in [1.82, 2.24) is 48.3 Å². The third-order valence-electron chi connectivity index (χ3n) is 14.7. The molecule has 3 amide bonds. The van der Waals surface area contributed by atoms with Crippen LogP contribution in [0.15, 0.2) is 147 Å². The van der Waals surface area contributed by atoms with Crippen LogP contribution in [0.3, 0.4) is 0 Å². The first kappa shape index (κ1) is 48.3. The van der Waals surface area contributed by atoms with Gasteiger partial charge in [-0.15, -0.1) is 0 Å². The Labute approximate surface area is 434 Å². The van der Waals surface area contributed by atoms with Crippen molar-refractivity contribution in [2.45, 2.75) is 82.8 Å². The molecule has 4 aromatic heterocycles. The van der Waals surface area contributed by atoms with Crippen molar-refractivity contribution in [2.24, 2.45) is 0 Å². The molecule has 17 heteroatoms. The van der Waals surface area contributed by atoms with Crippen molar-refractivity contribution < 1.29 is 23.9 Å². The van der Waals surface area contributed by atoms with E-state index in [1.807, 2.05) is 139 Å². The van der Waals surface area contributed by atoms with Crippen molar-refractivity contribution in [2.75, 3.05) is 24.6 Å². The zero-order valence-corrected chi connectivity index (χ0v) is 42.0. The molecule has 6 atom stereocenters. The van der Waals surface area contributed by atoms with Crippen LogP contribution in [0.5, 0.6) is 23.0 Å². The number of fused-ring (bicyclic) bond motifs is 6. The summed E-state index contributed by atoms with van der Waals surface area (Å²) in [5.74, 6) is 10.3. The molecule has 4 N–H and O–H groups in total. The Bertz CT molecular complexity index is 3530. The molecule has 4 bridgehead atoms. The smallest absolute Gasteiger partial charge is 0.299 e. The molecule has 8 heterocycles. The Morgan fingerprint density at radius 1 is 0.667 bits per heavy atom. The summed E-state index contributed by atoms with van der Waals surface area (Å²) < 4.78 is 15.8. The lowest BCUT2D eigenvalue weighted by Crippen LogP contribution is -2.52. The van der Waals surface area contributed by atoms with Crippen molar-refractivity contribution in [3.8, 4) is 57.4 Å². The van der Waals surface area contributed by atoms with Crippen LogP contribution in [0.4, 0.5) is 11.6 Å². The average molecular weight is 1000 g/mol. The highest BCUT2D eigenvalue weighted by Crippen LogP contribution is 2.48. The molecule has 0 spiro atoms. The number of rotatable bonds is 10. The number of nitrogens with two attached hydrogens (primary N) is 2. The van der Waals surface area contributed by atoms with Gasteiger partial charge in [0.05, 0.1) is 12.1 Å². The number of likely N-dealkylation sites (tertiary alicyclic amines) is 4. The third-order valence-corrected chi connectivity index (χ3v) is 14.7. The van der Waals surface area contributed by atoms with Crippen LogP contribution in [0.2, 0.25) is 0 Å². The molecule has 0 radical (unpaired) electrons. The fraction of sp³-hybridized carbons (Fsp3) is 0.259. The number of nitrogen functional groups attached to an aromatic ring is 2. The first-order chi connectivity index (χ1) is 36.4. The summed E-state index contributed by atoms with van der Waals surface area (Å²) in [6.07, 6.45) is 9.89. The van der Waals surface area contributed by atoms with E-state index in [0.717, 1.165) is 58.4 Å². The number of piperazine rings is 2. The third kappa shape index (κ3) is 8.72. The molecule has 4 aromatic carbocycles. The molecule has 12 rings (SSSR count).